The average molecular weight is 1240 g/mol. The molecule has 12 aromatic rings. The molecule has 0 unspecified atom stereocenters. The van der Waals surface area contributed by atoms with E-state index in [1.165, 1.54) is 0 Å². The Kier molecular flexibility index (Phi) is 18.7. The van der Waals surface area contributed by atoms with E-state index in [0.717, 1.165) is 76.5 Å². The molecule has 4 N–H and O–H groups in total. The number of nitrogens with two attached hydrogens (primary N) is 2. The van der Waals surface area contributed by atoms with E-state index >= 15 is 0 Å². The van der Waals surface area contributed by atoms with Crippen molar-refractivity contribution < 1.29 is 18.8 Å². The van der Waals surface area contributed by atoms with Crippen LogP contribution in [0.4, 0.5) is 11.4 Å². The Bertz CT molecular complexity index is 4040. The van der Waals surface area contributed by atoms with Crippen molar-refractivity contribution in [3.8, 4) is 23.0 Å². The fraction of sp³-hybridized carbons (Fsp3) is 0.200. The van der Waals surface area contributed by atoms with Gasteiger partial charge >= 0.3 is 7.12 Å². The molecule has 0 atom stereocenters. The van der Waals surface area contributed by atoms with Crippen LogP contribution in [-0.2, 0) is 20.4 Å². The van der Waals surface area contributed by atoms with Crippen molar-refractivity contribution in [3.63, 3.8) is 0 Å². The number of anilines is 2. The lowest BCUT2D eigenvalue weighted by molar-refractivity contribution is 0.00578. The summed E-state index contributed by atoms with van der Waals surface area (Å²) >= 11 is 3.67. The van der Waals surface area contributed by atoms with Crippen LogP contribution in [0.25, 0.3) is 33.1 Å². The smallest absolute Gasteiger partial charge is 0.475 e. The molecule has 1 saturated heterocycles. The molecule has 1 fully saturated rings. The highest BCUT2D eigenvalue weighted by molar-refractivity contribution is 9.10. The molecular weight excluding hydrogens is 1170 g/mol. The van der Waals surface area contributed by atoms with Gasteiger partial charge in [-0.25, -0.2) is 19.3 Å². The largest absolute Gasteiger partial charge is 0.496 e. The molecule has 1 aliphatic heterocycles. The van der Waals surface area contributed by atoms with Crippen LogP contribution in [0.3, 0.4) is 0 Å². The van der Waals surface area contributed by atoms with Crippen LogP contribution in [0, 0.1) is 0 Å². The van der Waals surface area contributed by atoms with Crippen molar-refractivity contribution in [2.75, 3.05) is 11.5 Å². The van der Waals surface area contributed by atoms with Crippen LogP contribution in [0.2, 0.25) is 0 Å². The Balaban J connectivity index is 0.000000155. The molecule has 450 valence electrons. The van der Waals surface area contributed by atoms with Crippen molar-refractivity contribution in [2.45, 2.75) is 97.3 Å². The summed E-state index contributed by atoms with van der Waals surface area (Å²) in [4.78, 5) is 8.84. The van der Waals surface area contributed by atoms with Crippen molar-refractivity contribution in [3.05, 3.63) is 293 Å². The van der Waals surface area contributed by atoms with Gasteiger partial charge < -0.3 is 30.2 Å². The highest BCUT2D eigenvalue weighted by atomic mass is 79.9. The van der Waals surface area contributed by atoms with Gasteiger partial charge in [-0.1, -0.05) is 195 Å². The second-order valence-corrected chi connectivity index (χ2v) is 24.1. The topological polar surface area (TPSA) is 150 Å². The van der Waals surface area contributed by atoms with E-state index in [1.54, 1.807) is 6.20 Å². The summed E-state index contributed by atoms with van der Waals surface area (Å²) in [5, 5.41) is 12.3. The van der Waals surface area contributed by atoms with Gasteiger partial charge in [0.15, 0.2) is 0 Å². The highest BCUT2D eigenvalue weighted by Gasteiger charge is 2.52. The van der Waals surface area contributed by atoms with Gasteiger partial charge in [0.05, 0.1) is 34.4 Å². The summed E-state index contributed by atoms with van der Waals surface area (Å²) in [5.41, 5.74) is 23.1. The minimum absolute atomic E-state index is 0. The van der Waals surface area contributed by atoms with Crippen LogP contribution in [0.5, 0.6) is 11.8 Å². The lowest BCUT2D eigenvalue weighted by Crippen LogP contribution is -2.41. The third-order valence-electron chi connectivity index (χ3n) is 16.2. The number of rotatable bonds is 14. The molecule has 8 aromatic carbocycles. The quantitative estimate of drug-likeness (QED) is 0.0612. The fourth-order valence-electron chi connectivity index (χ4n) is 11.4. The standard InChI is InChI=1S/C34H30N4O.C26H20BrN3.C14H22BNO3.CH4/c1-24(2)39-32-21-18-25(23-36-32)33-30-22-29(35)19-20-31(30)38(37-33)34(26-12-6-3-7-13-26,27-14-8-4-9-15-27)28-16-10-5-11-17-28;27-25-23-18-22(28)16-17-24(23)30(29-25)26(19-10-4-1-5-11-19,20-12-6-2-7-13-20)21-14-8-3-9-15-21;1-10(2)17-12-8-7-11(9-16-12)15-18-13(3,4)14(5,6)19-15;/h3-24H,35H2,1-2H3;1-18H,28H2;7-10H,1-6H3;1H4. The van der Waals surface area contributed by atoms with Crippen molar-refractivity contribution in [1.82, 2.24) is 29.5 Å². The Morgan fingerprint density at radius 1 is 0.449 bits per heavy atom. The molecule has 12 nitrogen and oxygen atoms in total. The second kappa shape index (κ2) is 26.6. The Morgan fingerprint density at radius 2 is 0.798 bits per heavy atom. The Hall–Kier alpha value is -9.34. The Morgan fingerprint density at radius 3 is 1.15 bits per heavy atom. The summed E-state index contributed by atoms with van der Waals surface area (Å²) < 4.78 is 28.3. The first-order valence-corrected chi connectivity index (χ1v) is 30.5. The Labute approximate surface area is 531 Å². The highest BCUT2D eigenvalue weighted by Crippen LogP contribution is 2.46. The predicted octanol–water partition coefficient (Wildman–Crippen LogP) is 16.3. The minimum Gasteiger partial charge on any atom is -0.475 e. The fourth-order valence-corrected chi connectivity index (χ4v) is 11.9. The van der Waals surface area contributed by atoms with Gasteiger partial charge in [-0.05, 0) is 153 Å². The average Bonchev–Trinajstić information content (AvgIpc) is 1.72. The van der Waals surface area contributed by atoms with Gasteiger partial charge in [-0.2, -0.15) is 10.2 Å². The molecule has 1 aliphatic rings. The minimum atomic E-state index is -0.746. The number of fused-ring (bicyclic) bond motifs is 2. The van der Waals surface area contributed by atoms with Crippen LogP contribution in [-0.4, -0.2) is 60.1 Å². The molecule has 0 aliphatic carbocycles. The summed E-state index contributed by atoms with van der Waals surface area (Å²) in [7, 11) is -0.370. The number of hydrogen-bond donors (Lipinski definition) is 2. The number of aromatic nitrogens is 6. The number of nitrogens with zero attached hydrogens (tertiary/aromatic N) is 6. The summed E-state index contributed by atoms with van der Waals surface area (Å²) in [5.74, 6) is 1.21. The van der Waals surface area contributed by atoms with Gasteiger partial charge in [-0.15, -0.1) is 0 Å². The number of hydrogen-bond acceptors (Lipinski definition) is 10. The molecule has 89 heavy (non-hydrogen) atoms. The molecule has 0 amide bonds. The normalized spacial score (nSPS) is 13.5. The number of benzene rings is 8. The molecule has 4 aromatic heterocycles. The van der Waals surface area contributed by atoms with E-state index < -0.39 is 11.1 Å². The van der Waals surface area contributed by atoms with E-state index in [-0.39, 0.29) is 38.0 Å². The monoisotopic (exact) mass is 1240 g/mol. The van der Waals surface area contributed by atoms with Crippen LogP contribution in [0.15, 0.2) is 260 Å². The molecule has 5 heterocycles. The number of ether oxygens (including phenoxy) is 2. The van der Waals surface area contributed by atoms with E-state index in [2.05, 4.69) is 187 Å². The van der Waals surface area contributed by atoms with Crippen LogP contribution >= 0.6 is 15.9 Å². The molecule has 13 rings (SSSR count). The SMILES string of the molecule is C.CC(C)Oc1ccc(-c2nn(C(c3ccccc3)(c3ccccc3)c3ccccc3)c3ccc(N)cc23)cn1.CC(C)Oc1ccc(B2OC(C)(C)C(C)(C)O2)cn1.Nc1ccc2c(c1)c(Br)nn2C(c1ccccc1)(c1ccccc1)c1ccccc1. The summed E-state index contributed by atoms with van der Waals surface area (Å²) in [6.45, 7) is 16.1. The van der Waals surface area contributed by atoms with Crippen LogP contribution < -0.4 is 26.4 Å². The van der Waals surface area contributed by atoms with E-state index in [1.807, 2.05) is 153 Å². The lowest BCUT2D eigenvalue weighted by atomic mass is 9.77. The first-order chi connectivity index (χ1) is 42.5. The summed E-state index contributed by atoms with van der Waals surface area (Å²) in [6.07, 6.45) is 3.74. The molecule has 14 heteroatoms. The maximum atomic E-state index is 6.33. The zero-order chi connectivity index (χ0) is 61.6. The maximum Gasteiger partial charge on any atom is 0.496 e. The molecule has 0 bridgehead atoms. The molecule has 0 saturated carbocycles. The number of pyridine rings is 2. The second-order valence-electron chi connectivity index (χ2n) is 23.4. The van der Waals surface area contributed by atoms with E-state index in [9.17, 15) is 0 Å². The zero-order valence-electron chi connectivity index (χ0n) is 50.8. The zero-order valence-corrected chi connectivity index (χ0v) is 52.4. The first-order valence-electron chi connectivity index (χ1n) is 29.7. The number of nitrogen functional groups attached to an aromatic ring is 2. The van der Waals surface area contributed by atoms with Crippen LogP contribution in [0.1, 0.15) is 96.2 Å². The van der Waals surface area contributed by atoms with Crippen molar-refractivity contribution >= 4 is 61.7 Å². The van der Waals surface area contributed by atoms with E-state index in [4.69, 9.17) is 40.4 Å². The molecule has 0 radical (unpaired) electrons. The van der Waals surface area contributed by atoms with Gasteiger partial charge in [0, 0.05) is 51.6 Å². The lowest BCUT2D eigenvalue weighted by Gasteiger charge is -2.37. The van der Waals surface area contributed by atoms with Gasteiger partial charge in [-0.3, -0.25) is 0 Å². The van der Waals surface area contributed by atoms with Gasteiger partial charge in [0.25, 0.3) is 0 Å². The summed E-state index contributed by atoms with van der Waals surface area (Å²) in [6, 6.07) is 82.9. The van der Waals surface area contributed by atoms with Crippen molar-refractivity contribution in [2.24, 2.45) is 0 Å². The van der Waals surface area contributed by atoms with Gasteiger partial charge in [0.2, 0.25) is 11.8 Å². The predicted molar refractivity (Wildman–Crippen MR) is 367 cm³/mol. The third kappa shape index (κ3) is 12.6. The van der Waals surface area contributed by atoms with E-state index in [0.29, 0.717) is 23.1 Å². The van der Waals surface area contributed by atoms with Crippen molar-refractivity contribution in [1.29, 1.82) is 0 Å². The first kappa shape index (κ1) is 62.7. The molecule has 0 spiro atoms. The maximum absolute atomic E-state index is 6.33. The van der Waals surface area contributed by atoms with Gasteiger partial charge in [0.1, 0.15) is 21.4 Å². The number of halogens is 1. The molecular formula is C75H76BBrN8O4. The third-order valence-corrected chi connectivity index (χ3v) is 16.7.